The number of likely N-dealkylation sites (tertiary alicyclic amines) is 1. The van der Waals surface area contributed by atoms with E-state index >= 15 is 0 Å². The standard InChI is InChI=1S/C15H24N4O4S/c1-11-9-14(17-23-11)16-15(20)19-8-4-7-13(10-19)24(21,22)18-12-5-2-3-6-12/h9,12-13,18H,2-8,10H2,1H3,(H,16,17,20)/t13-/m1/s1. The summed E-state index contributed by atoms with van der Waals surface area (Å²) in [6.45, 7) is 2.48. The van der Waals surface area contributed by atoms with E-state index in [-0.39, 0.29) is 18.6 Å². The predicted octanol–water partition coefficient (Wildman–Crippen LogP) is 1.84. The number of carbonyl (C=O) groups excluding carboxylic acids is 1. The van der Waals surface area contributed by atoms with Gasteiger partial charge in [0.05, 0.1) is 5.25 Å². The highest BCUT2D eigenvalue weighted by molar-refractivity contribution is 7.90. The molecule has 0 aromatic carbocycles. The van der Waals surface area contributed by atoms with Crippen LogP contribution in [-0.4, -0.2) is 48.9 Å². The molecule has 8 nitrogen and oxygen atoms in total. The summed E-state index contributed by atoms with van der Waals surface area (Å²) in [5, 5.41) is 5.81. The lowest BCUT2D eigenvalue weighted by molar-refractivity contribution is 0.200. The largest absolute Gasteiger partial charge is 0.360 e. The van der Waals surface area contributed by atoms with Gasteiger partial charge in [0.25, 0.3) is 0 Å². The van der Waals surface area contributed by atoms with Gasteiger partial charge in [-0.25, -0.2) is 17.9 Å². The number of rotatable bonds is 4. The maximum absolute atomic E-state index is 12.6. The van der Waals surface area contributed by atoms with E-state index in [2.05, 4.69) is 15.2 Å². The van der Waals surface area contributed by atoms with Crippen molar-refractivity contribution in [2.45, 2.75) is 56.7 Å². The van der Waals surface area contributed by atoms with Crippen molar-refractivity contribution in [2.75, 3.05) is 18.4 Å². The topological polar surface area (TPSA) is 105 Å². The van der Waals surface area contributed by atoms with Gasteiger partial charge in [-0.3, -0.25) is 5.32 Å². The van der Waals surface area contributed by atoms with E-state index in [1.165, 1.54) is 4.90 Å². The van der Waals surface area contributed by atoms with Crippen LogP contribution in [-0.2, 0) is 10.0 Å². The summed E-state index contributed by atoms with van der Waals surface area (Å²) in [5.41, 5.74) is 0. The maximum Gasteiger partial charge on any atom is 0.323 e. The SMILES string of the molecule is Cc1cc(NC(=O)N2CCC[C@@H](S(=O)(=O)NC3CCCC3)C2)no1. The Morgan fingerprint density at radius 1 is 1.29 bits per heavy atom. The van der Waals surface area contributed by atoms with Crippen LogP contribution >= 0.6 is 0 Å². The lowest BCUT2D eigenvalue weighted by atomic mass is 10.1. The van der Waals surface area contributed by atoms with Gasteiger partial charge < -0.3 is 9.42 Å². The van der Waals surface area contributed by atoms with Crippen molar-refractivity contribution < 1.29 is 17.7 Å². The summed E-state index contributed by atoms with van der Waals surface area (Å²) < 4.78 is 32.9. The van der Waals surface area contributed by atoms with Gasteiger partial charge in [-0.2, -0.15) is 0 Å². The Bertz CT molecular complexity index is 681. The zero-order chi connectivity index (χ0) is 17.2. The molecule has 0 radical (unpaired) electrons. The van der Waals surface area contributed by atoms with Crippen LogP contribution in [0, 0.1) is 6.92 Å². The van der Waals surface area contributed by atoms with Crippen molar-refractivity contribution in [2.24, 2.45) is 0 Å². The minimum atomic E-state index is -3.41. The van der Waals surface area contributed by atoms with Crippen molar-refractivity contribution in [3.05, 3.63) is 11.8 Å². The number of anilines is 1. The molecule has 2 N–H and O–H groups in total. The summed E-state index contributed by atoms with van der Waals surface area (Å²) in [7, 11) is -3.41. The molecule has 1 saturated carbocycles. The molecule has 0 spiro atoms. The molecule has 1 aliphatic carbocycles. The third kappa shape index (κ3) is 4.07. The van der Waals surface area contributed by atoms with E-state index in [9.17, 15) is 13.2 Å². The van der Waals surface area contributed by atoms with Crippen LogP contribution in [0.5, 0.6) is 0 Å². The Labute approximate surface area is 142 Å². The summed E-state index contributed by atoms with van der Waals surface area (Å²) in [5.74, 6) is 0.941. The molecule has 1 atom stereocenters. The van der Waals surface area contributed by atoms with Crippen LogP contribution in [0.2, 0.25) is 0 Å². The summed E-state index contributed by atoms with van der Waals surface area (Å²) in [6, 6.07) is 1.33. The molecule has 9 heteroatoms. The number of sulfonamides is 1. The van der Waals surface area contributed by atoms with Crippen molar-refractivity contribution in [3.63, 3.8) is 0 Å². The molecule has 0 bridgehead atoms. The fourth-order valence-electron chi connectivity index (χ4n) is 3.36. The van der Waals surface area contributed by atoms with Crippen molar-refractivity contribution in [3.8, 4) is 0 Å². The van der Waals surface area contributed by atoms with E-state index in [4.69, 9.17) is 4.52 Å². The van der Waals surface area contributed by atoms with Crippen molar-refractivity contribution >= 4 is 21.9 Å². The normalized spacial score (nSPS) is 22.7. The van der Waals surface area contributed by atoms with Gasteiger partial charge in [0.15, 0.2) is 5.82 Å². The first-order valence-corrected chi connectivity index (χ1v) is 9.99. The number of urea groups is 1. The monoisotopic (exact) mass is 356 g/mol. The average molecular weight is 356 g/mol. The molecule has 2 fully saturated rings. The lowest BCUT2D eigenvalue weighted by Crippen LogP contribution is -2.50. The molecule has 1 aromatic rings. The zero-order valence-corrected chi connectivity index (χ0v) is 14.6. The summed E-state index contributed by atoms with van der Waals surface area (Å²) in [4.78, 5) is 13.8. The van der Waals surface area contributed by atoms with E-state index < -0.39 is 15.3 Å². The van der Waals surface area contributed by atoms with Gasteiger partial charge in [0.2, 0.25) is 10.0 Å². The lowest BCUT2D eigenvalue weighted by Gasteiger charge is -2.32. The molecule has 2 amide bonds. The van der Waals surface area contributed by atoms with Crippen LogP contribution in [0.3, 0.4) is 0 Å². The number of carbonyl (C=O) groups is 1. The number of piperidine rings is 1. The first-order chi connectivity index (χ1) is 11.4. The molecule has 1 saturated heterocycles. The Morgan fingerprint density at radius 2 is 2.04 bits per heavy atom. The number of nitrogens with one attached hydrogen (secondary N) is 2. The summed E-state index contributed by atoms with van der Waals surface area (Å²) in [6.07, 6.45) is 5.20. The van der Waals surface area contributed by atoms with Gasteiger partial charge >= 0.3 is 6.03 Å². The van der Waals surface area contributed by atoms with E-state index in [1.807, 2.05) is 0 Å². The van der Waals surface area contributed by atoms with Crippen LogP contribution in [0.1, 0.15) is 44.3 Å². The number of hydrogen-bond acceptors (Lipinski definition) is 5. The second kappa shape index (κ2) is 7.10. The fraction of sp³-hybridized carbons (Fsp3) is 0.733. The zero-order valence-electron chi connectivity index (χ0n) is 13.8. The highest BCUT2D eigenvalue weighted by atomic mass is 32.2. The average Bonchev–Trinajstić information content (AvgIpc) is 3.19. The van der Waals surface area contributed by atoms with Crippen LogP contribution < -0.4 is 10.0 Å². The maximum atomic E-state index is 12.6. The molecule has 3 rings (SSSR count). The highest BCUT2D eigenvalue weighted by Gasteiger charge is 2.34. The molecular weight excluding hydrogens is 332 g/mol. The molecule has 1 aliphatic heterocycles. The van der Waals surface area contributed by atoms with Crippen LogP contribution in [0.15, 0.2) is 10.6 Å². The van der Waals surface area contributed by atoms with Gasteiger partial charge in [0.1, 0.15) is 5.76 Å². The van der Waals surface area contributed by atoms with Crippen molar-refractivity contribution in [1.82, 2.24) is 14.8 Å². The van der Waals surface area contributed by atoms with Gasteiger partial charge in [-0.05, 0) is 32.6 Å². The number of hydrogen-bond donors (Lipinski definition) is 2. The molecule has 0 unspecified atom stereocenters. The molecule has 1 aromatic heterocycles. The number of aryl methyl sites for hydroxylation is 1. The van der Waals surface area contributed by atoms with E-state index in [1.54, 1.807) is 13.0 Å². The first kappa shape index (κ1) is 17.2. The van der Waals surface area contributed by atoms with E-state index in [0.29, 0.717) is 31.0 Å². The minimum absolute atomic E-state index is 0.0531. The van der Waals surface area contributed by atoms with Crippen LogP contribution in [0.4, 0.5) is 10.6 Å². The number of amides is 2. The third-order valence-electron chi connectivity index (χ3n) is 4.65. The second-order valence-corrected chi connectivity index (χ2v) is 8.60. The molecule has 2 aliphatic rings. The Kier molecular flexibility index (Phi) is 5.09. The smallest absolute Gasteiger partial charge is 0.323 e. The van der Waals surface area contributed by atoms with Crippen LogP contribution in [0.25, 0.3) is 0 Å². The van der Waals surface area contributed by atoms with Gasteiger partial charge in [0, 0.05) is 25.2 Å². The first-order valence-electron chi connectivity index (χ1n) is 8.44. The predicted molar refractivity (Wildman–Crippen MR) is 89.2 cm³/mol. The Hall–Kier alpha value is -1.61. The minimum Gasteiger partial charge on any atom is -0.360 e. The third-order valence-corrected chi connectivity index (χ3v) is 6.58. The Morgan fingerprint density at radius 3 is 2.71 bits per heavy atom. The quantitative estimate of drug-likeness (QED) is 0.856. The number of aromatic nitrogens is 1. The van der Waals surface area contributed by atoms with Crippen molar-refractivity contribution in [1.29, 1.82) is 0 Å². The van der Waals surface area contributed by atoms with Gasteiger partial charge in [-0.1, -0.05) is 18.0 Å². The number of nitrogens with zero attached hydrogens (tertiary/aromatic N) is 2. The second-order valence-electron chi connectivity index (χ2n) is 6.61. The molecule has 24 heavy (non-hydrogen) atoms. The van der Waals surface area contributed by atoms with E-state index in [0.717, 1.165) is 25.7 Å². The molecular formula is C15H24N4O4S. The summed E-state index contributed by atoms with van der Waals surface area (Å²) >= 11 is 0. The Balaban J connectivity index is 1.59. The fourth-order valence-corrected chi connectivity index (χ4v) is 5.11. The molecule has 2 heterocycles. The molecule has 134 valence electrons. The van der Waals surface area contributed by atoms with Gasteiger partial charge in [-0.15, -0.1) is 0 Å². The highest BCUT2D eigenvalue weighted by Crippen LogP contribution is 2.22.